The molecular weight excluding hydrogens is 130 g/mol. The van der Waals surface area contributed by atoms with Gasteiger partial charge in [0.25, 0.3) is 0 Å². The molecule has 0 aromatic heterocycles. The smallest absolute Gasteiger partial charge is 0.0792 e. The Morgan fingerprint density at radius 3 is 2.50 bits per heavy atom. The zero-order chi connectivity index (χ0) is 6.41. The van der Waals surface area contributed by atoms with Crippen LogP contribution in [0.4, 0.5) is 0 Å². The molecule has 0 aliphatic rings. The minimum atomic E-state index is -0.174. The quantitative estimate of drug-likeness (QED) is 0.438. The van der Waals surface area contributed by atoms with Crippen LogP contribution in [-0.4, -0.2) is 24.1 Å². The van der Waals surface area contributed by atoms with Gasteiger partial charge in [-0.05, 0) is 13.0 Å². The van der Waals surface area contributed by atoms with Gasteiger partial charge in [0.15, 0.2) is 0 Å². The average Bonchev–Trinajstić information content (AvgIpc) is 1.66. The van der Waals surface area contributed by atoms with E-state index in [1.807, 2.05) is 0 Å². The highest BCUT2D eigenvalue weighted by atomic mass is 29.2. The highest BCUT2D eigenvalue weighted by Gasteiger charge is 1.92. The summed E-state index contributed by atoms with van der Waals surface area (Å²) < 4.78 is 0. The molecule has 3 heteroatoms. The van der Waals surface area contributed by atoms with Gasteiger partial charge < -0.3 is 4.98 Å². The molecule has 0 aromatic rings. The van der Waals surface area contributed by atoms with Crippen molar-refractivity contribution in [3.8, 4) is 0 Å². The van der Waals surface area contributed by atoms with E-state index < -0.39 is 0 Å². The van der Waals surface area contributed by atoms with E-state index in [0.717, 1.165) is 0 Å². The summed E-state index contributed by atoms with van der Waals surface area (Å²) in [6, 6.07) is 0. The molecule has 50 valence electrons. The Labute approximate surface area is 56.2 Å². The second-order valence-electron chi connectivity index (χ2n) is 2.60. The summed E-state index contributed by atoms with van der Waals surface area (Å²) in [5.41, 5.74) is 0. The maximum Gasteiger partial charge on any atom is 0.0792 e. The molecule has 8 heavy (non-hydrogen) atoms. The molecule has 0 saturated heterocycles. The summed E-state index contributed by atoms with van der Waals surface area (Å²) in [4.78, 5) is 3.54. The Bertz CT molecular complexity index is 47.7. The minimum absolute atomic E-state index is 0.174. The topological polar surface area (TPSA) is 12.0 Å². The summed E-state index contributed by atoms with van der Waals surface area (Å²) in [6.07, 6.45) is 1.30. The fraction of sp³-hybridized carbons (Fsp3) is 1.00. The standard InChI is InChI=1S/C5H17NSi2/c1-4-5-6-7-8(2)3/h6,8H,4-5,7H2,1-3H3. The Balaban J connectivity index is 2.72. The number of nitrogens with one attached hydrogen (secondary N) is 1. The lowest BCUT2D eigenvalue weighted by molar-refractivity contribution is 0.865. The largest absolute Gasteiger partial charge is 0.345 e. The molecule has 1 nitrogen and oxygen atoms in total. The van der Waals surface area contributed by atoms with Gasteiger partial charge in [-0.3, -0.25) is 0 Å². The van der Waals surface area contributed by atoms with E-state index >= 15 is 0 Å². The third-order valence-electron chi connectivity index (χ3n) is 0.979. The molecule has 0 aliphatic heterocycles. The van der Waals surface area contributed by atoms with E-state index in [2.05, 4.69) is 25.0 Å². The average molecular weight is 147 g/mol. The van der Waals surface area contributed by atoms with Crippen molar-refractivity contribution >= 4 is 17.5 Å². The second kappa shape index (κ2) is 5.53. The van der Waals surface area contributed by atoms with Crippen LogP contribution in [0.15, 0.2) is 0 Å². The molecule has 0 bridgehead atoms. The number of rotatable bonds is 4. The van der Waals surface area contributed by atoms with Gasteiger partial charge in [-0.15, -0.1) is 0 Å². The van der Waals surface area contributed by atoms with Gasteiger partial charge >= 0.3 is 0 Å². The molecule has 0 unspecified atom stereocenters. The first-order valence-corrected chi connectivity index (χ1v) is 9.76. The van der Waals surface area contributed by atoms with Crippen LogP contribution in [0, 0.1) is 0 Å². The van der Waals surface area contributed by atoms with Crippen LogP contribution >= 0.6 is 0 Å². The van der Waals surface area contributed by atoms with Crippen molar-refractivity contribution in [2.45, 2.75) is 26.4 Å². The van der Waals surface area contributed by atoms with Crippen LogP contribution in [0.1, 0.15) is 13.3 Å². The van der Waals surface area contributed by atoms with Gasteiger partial charge in [0.1, 0.15) is 0 Å². The van der Waals surface area contributed by atoms with Gasteiger partial charge in [0.05, 0.1) is 9.20 Å². The number of hydrogen-bond donors (Lipinski definition) is 1. The maximum atomic E-state index is 3.54. The summed E-state index contributed by atoms with van der Waals surface area (Å²) in [7, 11) is 0.0496. The van der Waals surface area contributed by atoms with E-state index in [9.17, 15) is 0 Å². The Morgan fingerprint density at radius 1 is 1.50 bits per heavy atom. The lowest BCUT2D eigenvalue weighted by atomic mass is 10.5. The van der Waals surface area contributed by atoms with Crippen LogP contribution in [0.2, 0.25) is 13.1 Å². The van der Waals surface area contributed by atoms with Gasteiger partial charge in [0.2, 0.25) is 0 Å². The molecule has 1 N–H and O–H groups in total. The van der Waals surface area contributed by atoms with Crippen LogP contribution in [0.25, 0.3) is 0 Å². The Morgan fingerprint density at radius 2 is 2.12 bits per heavy atom. The van der Waals surface area contributed by atoms with Gasteiger partial charge in [-0.25, -0.2) is 0 Å². The Kier molecular flexibility index (Phi) is 5.80. The van der Waals surface area contributed by atoms with Crippen LogP contribution in [0.3, 0.4) is 0 Å². The zero-order valence-electron chi connectivity index (χ0n) is 6.20. The van der Waals surface area contributed by atoms with E-state index in [-0.39, 0.29) is 17.5 Å². The summed E-state index contributed by atoms with van der Waals surface area (Å²) in [5.74, 6) is 0. The van der Waals surface area contributed by atoms with E-state index in [1.165, 1.54) is 13.0 Å². The zero-order valence-corrected chi connectivity index (χ0v) is 8.77. The van der Waals surface area contributed by atoms with E-state index in [1.54, 1.807) is 0 Å². The molecule has 0 amide bonds. The van der Waals surface area contributed by atoms with Gasteiger partial charge in [0, 0.05) is 8.31 Å². The summed E-state index contributed by atoms with van der Waals surface area (Å²) >= 11 is 0. The molecule has 0 saturated carbocycles. The Hall–Kier alpha value is 0.394. The van der Waals surface area contributed by atoms with Crippen molar-refractivity contribution in [1.29, 1.82) is 0 Å². The van der Waals surface area contributed by atoms with Crippen molar-refractivity contribution in [3.63, 3.8) is 0 Å². The lowest BCUT2D eigenvalue weighted by Gasteiger charge is -2.01. The van der Waals surface area contributed by atoms with E-state index in [0.29, 0.717) is 0 Å². The first kappa shape index (κ1) is 8.39. The van der Waals surface area contributed by atoms with Crippen molar-refractivity contribution in [2.24, 2.45) is 0 Å². The molecule has 0 atom stereocenters. The first-order chi connectivity index (χ1) is 3.77. The lowest BCUT2D eigenvalue weighted by Crippen LogP contribution is -2.30. The first-order valence-electron chi connectivity index (χ1n) is 3.48. The molecule has 0 spiro atoms. The molecule has 0 aromatic carbocycles. The van der Waals surface area contributed by atoms with Gasteiger partial charge in [-0.1, -0.05) is 20.0 Å². The van der Waals surface area contributed by atoms with E-state index in [4.69, 9.17) is 0 Å². The normalized spacial score (nSPS) is 12.0. The second-order valence-corrected chi connectivity index (χ2v) is 12.4. The van der Waals surface area contributed by atoms with Crippen molar-refractivity contribution in [3.05, 3.63) is 0 Å². The van der Waals surface area contributed by atoms with Crippen molar-refractivity contribution in [2.75, 3.05) is 6.54 Å². The molecule has 0 rings (SSSR count). The fourth-order valence-corrected chi connectivity index (χ4v) is 4.05. The van der Waals surface area contributed by atoms with Crippen molar-refractivity contribution < 1.29 is 0 Å². The minimum Gasteiger partial charge on any atom is -0.345 e. The number of hydrogen-bond acceptors (Lipinski definition) is 1. The maximum absolute atomic E-state index is 3.54. The SMILES string of the molecule is CCCN[SiH2][SiH](C)C. The fourth-order valence-electron chi connectivity index (χ4n) is 0.568. The third kappa shape index (κ3) is 6.39. The molecule has 0 radical (unpaired) electrons. The molecule has 0 fully saturated rings. The summed E-state index contributed by atoms with van der Waals surface area (Å²) in [5, 5.41) is 0. The van der Waals surface area contributed by atoms with Crippen LogP contribution in [0.5, 0.6) is 0 Å². The van der Waals surface area contributed by atoms with Gasteiger partial charge in [-0.2, -0.15) is 0 Å². The van der Waals surface area contributed by atoms with Crippen LogP contribution in [-0.2, 0) is 0 Å². The molecule has 0 heterocycles. The summed E-state index contributed by atoms with van der Waals surface area (Å²) in [6.45, 7) is 8.34. The predicted octanol–water partition coefficient (Wildman–Crippen LogP) is 0.0532. The third-order valence-corrected chi connectivity index (χ3v) is 5.75. The molecule has 0 aliphatic carbocycles. The predicted molar refractivity (Wildman–Crippen MR) is 45.7 cm³/mol. The van der Waals surface area contributed by atoms with Crippen molar-refractivity contribution in [1.82, 2.24) is 4.98 Å². The van der Waals surface area contributed by atoms with Crippen LogP contribution < -0.4 is 4.98 Å². The monoisotopic (exact) mass is 147 g/mol. The highest BCUT2D eigenvalue weighted by Crippen LogP contribution is 1.72. The molecular formula is C5H17NSi2. The highest BCUT2D eigenvalue weighted by molar-refractivity contribution is 7.10.